The van der Waals surface area contributed by atoms with Crippen LogP contribution in [0.25, 0.3) is 0 Å². The molecule has 2 rings (SSSR count). The topological polar surface area (TPSA) is 63.4 Å². The van der Waals surface area contributed by atoms with E-state index in [0.717, 1.165) is 30.7 Å². The molecule has 0 saturated carbocycles. The third-order valence-corrected chi connectivity index (χ3v) is 5.51. The van der Waals surface area contributed by atoms with E-state index < -0.39 is 21.8 Å². The van der Waals surface area contributed by atoms with Crippen LogP contribution in [-0.4, -0.2) is 32.4 Å². The van der Waals surface area contributed by atoms with Gasteiger partial charge in [0.2, 0.25) is 10.0 Å². The van der Waals surface area contributed by atoms with Gasteiger partial charge in [0, 0.05) is 13.1 Å². The normalized spacial score (nSPS) is 20.5. The third-order valence-electron chi connectivity index (χ3n) is 3.63. The van der Waals surface area contributed by atoms with Crippen molar-refractivity contribution in [2.75, 3.05) is 19.6 Å². The van der Waals surface area contributed by atoms with E-state index in [0.29, 0.717) is 26.1 Å². The van der Waals surface area contributed by atoms with Gasteiger partial charge in [0.05, 0.1) is 10.5 Å². The molecule has 9 heteroatoms. The number of piperidine rings is 1. The van der Waals surface area contributed by atoms with E-state index in [2.05, 4.69) is 0 Å². The lowest BCUT2D eigenvalue weighted by Gasteiger charge is -2.31. The second kappa shape index (κ2) is 7.16. The smallest absolute Gasteiger partial charge is 0.330 e. The summed E-state index contributed by atoms with van der Waals surface area (Å²) < 4.78 is 63.6. The van der Waals surface area contributed by atoms with Crippen molar-refractivity contribution in [1.29, 1.82) is 0 Å². The lowest BCUT2D eigenvalue weighted by Crippen LogP contribution is -2.41. The van der Waals surface area contributed by atoms with Gasteiger partial charge in [-0.05, 0) is 49.6 Å². The summed E-state index contributed by atoms with van der Waals surface area (Å²) in [6, 6.07) is 3.59. The SMILES string of the molecule is Cl.NCC1CCCN(S(=O)(=O)c2ccc(C(F)(F)F)cc2)C1. The van der Waals surface area contributed by atoms with E-state index in [1.54, 1.807) is 0 Å². The van der Waals surface area contributed by atoms with Crippen molar-refractivity contribution in [3.8, 4) is 0 Å². The second-order valence-corrected chi connectivity index (χ2v) is 7.07. The molecule has 1 saturated heterocycles. The zero-order chi connectivity index (χ0) is 15.7. The Morgan fingerprint density at radius 3 is 2.32 bits per heavy atom. The van der Waals surface area contributed by atoms with E-state index in [4.69, 9.17) is 5.73 Å². The average molecular weight is 359 g/mol. The maximum atomic E-state index is 12.5. The predicted octanol–water partition coefficient (Wildman–Crippen LogP) is 2.49. The van der Waals surface area contributed by atoms with Crippen molar-refractivity contribution in [3.05, 3.63) is 29.8 Å². The Morgan fingerprint density at radius 1 is 1.23 bits per heavy atom. The van der Waals surface area contributed by atoms with Gasteiger partial charge < -0.3 is 5.73 Å². The van der Waals surface area contributed by atoms with Crippen LogP contribution >= 0.6 is 12.4 Å². The molecule has 1 heterocycles. The zero-order valence-corrected chi connectivity index (χ0v) is 13.3. The van der Waals surface area contributed by atoms with Gasteiger partial charge in [-0.3, -0.25) is 0 Å². The summed E-state index contributed by atoms with van der Waals surface area (Å²) in [5.41, 5.74) is 4.71. The fourth-order valence-electron chi connectivity index (χ4n) is 2.40. The summed E-state index contributed by atoms with van der Waals surface area (Å²) in [5, 5.41) is 0. The average Bonchev–Trinajstić information content (AvgIpc) is 2.46. The van der Waals surface area contributed by atoms with Gasteiger partial charge in [0.15, 0.2) is 0 Å². The maximum absolute atomic E-state index is 12.5. The molecular formula is C13H18ClF3N2O2S. The van der Waals surface area contributed by atoms with Gasteiger partial charge in [-0.15, -0.1) is 12.4 Å². The van der Waals surface area contributed by atoms with Crippen LogP contribution in [0.3, 0.4) is 0 Å². The fourth-order valence-corrected chi connectivity index (χ4v) is 3.96. The predicted molar refractivity (Wildman–Crippen MR) is 79.2 cm³/mol. The number of benzene rings is 1. The van der Waals surface area contributed by atoms with Crippen molar-refractivity contribution >= 4 is 22.4 Å². The van der Waals surface area contributed by atoms with Crippen LogP contribution in [0, 0.1) is 5.92 Å². The summed E-state index contributed by atoms with van der Waals surface area (Å²) in [6.45, 7) is 1.10. The van der Waals surface area contributed by atoms with Gasteiger partial charge in [-0.25, -0.2) is 8.42 Å². The molecule has 1 aliphatic heterocycles. The molecule has 2 N–H and O–H groups in total. The maximum Gasteiger partial charge on any atom is 0.416 e. The summed E-state index contributed by atoms with van der Waals surface area (Å²) in [4.78, 5) is -0.117. The highest BCUT2D eigenvalue weighted by Crippen LogP contribution is 2.30. The molecule has 22 heavy (non-hydrogen) atoms. The van der Waals surface area contributed by atoms with Crippen LogP contribution in [0.15, 0.2) is 29.2 Å². The minimum absolute atomic E-state index is 0. The Kier molecular flexibility index (Phi) is 6.26. The number of halogens is 4. The molecule has 0 aliphatic carbocycles. The number of sulfonamides is 1. The molecule has 4 nitrogen and oxygen atoms in total. The minimum Gasteiger partial charge on any atom is -0.330 e. The summed E-state index contributed by atoms with van der Waals surface area (Å²) >= 11 is 0. The number of hydrogen-bond acceptors (Lipinski definition) is 3. The first kappa shape index (κ1) is 19.2. The first-order valence-corrected chi connectivity index (χ1v) is 8.06. The standard InChI is InChI=1S/C13H17F3N2O2S.ClH/c14-13(15,16)11-3-5-12(6-4-11)21(19,20)18-7-1-2-10(8-17)9-18;/h3-6,10H,1-2,7-9,17H2;1H. The molecule has 1 unspecified atom stereocenters. The van der Waals surface area contributed by atoms with E-state index in [9.17, 15) is 21.6 Å². The van der Waals surface area contributed by atoms with Crippen LogP contribution in [0.2, 0.25) is 0 Å². The van der Waals surface area contributed by atoms with Gasteiger partial charge in [0.25, 0.3) is 0 Å². The fraction of sp³-hybridized carbons (Fsp3) is 0.538. The van der Waals surface area contributed by atoms with Crippen LogP contribution in [0.5, 0.6) is 0 Å². The van der Waals surface area contributed by atoms with Crippen molar-refractivity contribution in [3.63, 3.8) is 0 Å². The number of alkyl halides is 3. The lowest BCUT2D eigenvalue weighted by molar-refractivity contribution is -0.137. The van der Waals surface area contributed by atoms with Crippen LogP contribution in [-0.2, 0) is 16.2 Å². The van der Waals surface area contributed by atoms with Crippen LogP contribution in [0.4, 0.5) is 13.2 Å². The number of hydrogen-bond donors (Lipinski definition) is 1. The number of nitrogens with zero attached hydrogens (tertiary/aromatic N) is 1. The van der Waals surface area contributed by atoms with Gasteiger partial charge in [-0.2, -0.15) is 17.5 Å². The lowest BCUT2D eigenvalue weighted by atomic mass is 10.0. The van der Waals surface area contributed by atoms with Crippen molar-refractivity contribution in [2.24, 2.45) is 11.7 Å². The minimum atomic E-state index is -4.47. The molecular weight excluding hydrogens is 341 g/mol. The zero-order valence-electron chi connectivity index (χ0n) is 11.7. The molecule has 1 aromatic rings. The Morgan fingerprint density at radius 2 is 1.82 bits per heavy atom. The Balaban J connectivity index is 0.00000242. The molecule has 0 aromatic heterocycles. The van der Waals surface area contributed by atoms with Gasteiger partial charge in [0.1, 0.15) is 0 Å². The highest BCUT2D eigenvalue weighted by molar-refractivity contribution is 7.89. The molecule has 0 radical (unpaired) electrons. The van der Waals surface area contributed by atoms with Crippen molar-refractivity contribution in [2.45, 2.75) is 23.9 Å². The van der Waals surface area contributed by atoms with E-state index in [1.807, 2.05) is 0 Å². The molecule has 1 aliphatic rings. The molecule has 1 fully saturated rings. The highest BCUT2D eigenvalue weighted by Gasteiger charge is 2.33. The third kappa shape index (κ3) is 4.13. The molecule has 0 bridgehead atoms. The monoisotopic (exact) mass is 358 g/mol. The first-order chi connectivity index (χ1) is 9.75. The van der Waals surface area contributed by atoms with E-state index >= 15 is 0 Å². The molecule has 0 amide bonds. The van der Waals surface area contributed by atoms with Crippen LogP contribution in [0.1, 0.15) is 18.4 Å². The second-order valence-electron chi connectivity index (χ2n) is 5.13. The number of nitrogens with two attached hydrogens (primary N) is 1. The number of rotatable bonds is 3. The first-order valence-electron chi connectivity index (χ1n) is 6.62. The Bertz CT molecular complexity index is 590. The summed E-state index contributed by atoms with van der Waals surface area (Å²) in [6.07, 6.45) is -2.89. The van der Waals surface area contributed by atoms with Crippen molar-refractivity contribution in [1.82, 2.24) is 4.31 Å². The van der Waals surface area contributed by atoms with E-state index in [1.165, 1.54) is 4.31 Å². The quantitative estimate of drug-likeness (QED) is 0.902. The summed E-state index contributed by atoms with van der Waals surface area (Å²) in [7, 11) is -3.76. The largest absolute Gasteiger partial charge is 0.416 e. The highest BCUT2D eigenvalue weighted by atomic mass is 35.5. The Labute approximate surface area is 133 Å². The Hall–Kier alpha value is -0.830. The van der Waals surface area contributed by atoms with Gasteiger partial charge >= 0.3 is 6.18 Å². The van der Waals surface area contributed by atoms with E-state index in [-0.39, 0.29) is 23.2 Å². The van der Waals surface area contributed by atoms with Crippen LogP contribution < -0.4 is 5.73 Å². The summed E-state index contributed by atoms with van der Waals surface area (Å²) in [5.74, 6) is 0.1000. The molecule has 1 atom stereocenters. The molecule has 126 valence electrons. The molecule has 1 aromatic carbocycles. The molecule has 0 spiro atoms. The van der Waals surface area contributed by atoms with Gasteiger partial charge in [-0.1, -0.05) is 0 Å². The van der Waals surface area contributed by atoms with Crippen molar-refractivity contribution < 1.29 is 21.6 Å².